The van der Waals surface area contributed by atoms with Crippen molar-refractivity contribution in [3.63, 3.8) is 0 Å². The van der Waals surface area contributed by atoms with Crippen molar-refractivity contribution in [1.29, 1.82) is 5.26 Å². The molecule has 0 saturated carbocycles. The lowest BCUT2D eigenvalue weighted by molar-refractivity contribution is -0.137. The van der Waals surface area contributed by atoms with Gasteiger partial charge in [-0.25, -0.2) is 0 Å². The molecule has 1 rings (SSSR count). The molecule has 0 aromatic heterocycles. The van der Waals surface area contributed by atoms with Gasteiger partial charge in [-0.05, 0) is 23.6 Å². The third kappa shape index (κ3) is 4.36. The average molecular weight is 274 g/mol. The number of rotatable bonds is 5. The van der Waals surface area contributed by atoms with E-state index in [1.807, 2.05) is 24.3 Å². The summed E-state index contributed by atoms with van der Waals surface area (Å²) in [5, 5.41) is 18.0. The molecule has 20 heavy (non-hydrogen) atoms. The molecule has 1 aromatic carbocycles. The van der Waals surface area contributed by atoms with Crippen LogP contribution in [0.25, 0.3) is 0 Å². The highest BCUT2D eigenvalue weighted by Crippen LogP contribution is 2.25. The van der Waals surface area contributed by atoms with E-state index in [4.69, 9.17) is 5.11 Å². The predicted octanol–water partition coefficient (Wildman–Crippen LogP) is 2.96. The Labute approximate surface area is 120 Å². The van der Waals surface area contributed by atoms with E-state index in [0.717, 1.165) is 5.56 Å². The highest BCUT2D eigenvalue weighted by atomic mass is 16.4. The second-order valence-corrected chi connectivity index (χ2v) is 6.03. The van der Waals surface area contributed by atoms with Gasteiger partial charge in [0.2, 0.25) is 0 Å². The van der Waals surface area contributed by atoms with Gasteiger partial charge in [0, 0.05) is 6.54 Å². The Balaban J connectivity index is 2.85. The maximum atomic E-state index is 10.6. The molecule has 0 bridgehead atoms. The Morgan fingerprint density at radius 3 is 2.30 bits per heavy atom. The molecule has 0 heterocycles. The molecule has 0 aliphatic rings. The van der Waals surface area contributed by atoms with Crippen molar-refractivity contribution >= 4 is 5.97 Å². The van der Waals surface area contributed by atoms with Gasteiger partial charge >= 0.3 is 5.97 Å². The molecule has 1 unspecified atom stereocenters. The summed E-state index contributed by atoms with van der Waals surface area (Å²) in [4.78, 5) is 12.4. The van der Waals surface area contributed by atoms with Gasteiger partial charge in [-0.1, -0.05) is 45.0 Å². The zero-order chi connectivity index (χ0) is 15.3. The van der Waals surface area contributed by atoms with Crippen LogP contribution in [0.1, 0.15) is 44.4 Å². The summed E-state index contributed by atoms with van der Waals surface area (Å²) in [6.07, 6.45) is 0.0365. The van der Waals surface area contributed by atoms with Crippen LogP contribution in [0.2, 0.25) is 0 Å². The van der Waals surface area contributed by atoms with Crippen molar-refractivity contribution in [1.82, 2.24) is 4.90 Å². The summed E-state index contributed by atoms with van der Waals surface area (Å²) < 4.78 is 0. The Kier molecular flexibility index (Phi) is 5.29. The first-order valence-corrected chi connectivity index (χ1v) is 6.68. The molecule has 4 nitrogen and oxygen atoms in total. The number of nitriles is 1. The standard InChI is InChI=1S/C16H22N2O2/c1-16(2,3)13-7-5-12(6-8-13)14(11-17)18(4)10-9-15(19)20/h5-8,14H,9-10H2,1-4H3,(H,19,20). The highest BCUT2D eigenvalue weighted by molar-refractivity contribution is 5.66. The van der Waals surface area contributed by atoms with E-state index < -0.39 is 12.0 Å². The number of nitrogens with zero attached hydrogens (tertiary/aromatic N) is 2. The summed E-state index contributed by atoms with van der Waals surface area (Å²) >= 11 is 0. The summed E-state index contributed by atoms with van der Waals surface area (Å²) in [7, 11) is 1.77. The topological polar surface area (TPSA) is 64.3 Å². The van der Waals surface area contributed by atoms with Crippen LogP contribution >= 0.6 is 0 Å². The Morgan fingerprint density at radius 2 is 1.90 bits per heavy atom. The SMILES string of the molecule is CN(CCC(=O)O)C(C#N)c1ccc(C(C)(C)C)cc1. The molecule has 0 saturated heterocycles. The van der Waals surface area contributed by atoms with Gasteiger partial charge in [-0.15, -0.1) is 0 Å². The molecule has 0 aliphatic heterocycles. The van der Waals surface area contributed by atoms with Gasteiger partial charge in [0.25, 0.3) is 0 Å². The van der Waals surface area contributed by atoms with Crippen LogP contribution in [0, 0.1) is 11.3 Å². The van der Waals surface area contributed by atoms with E-state index in [1.165, 1.54) is 5.56 Å². The number of carbonyl (C=O) groups is 1. The molecule has 4 heteroatoms. The van der Waals surface area contributed by atoms with Crippen LogP contribution in [0.4, 0.5) is 0 Å². The fourth-order valence-electron chi connectivity index (χ4n) is 1.99. The van der Waals surface area contributed by atoms with E-state index in [9.17, 15) is 10.1 Å². The zero-order valence-corrected chi connectivity index (χ0v) is 12.6. The van der Waals surface area contributed by atoms with Crippen molar-refractivity contribution in [3.8, 4) is 6.07 Å². The molecule has 1 atom stereocenters. The zero-order valence-electron chi connectivity index (χ0n) is 12.6. The lowest BCUT2D eigenvalue weighted by Gasteiger charge is -2.24. The van der Waals surface area contributed by atoms with Crippen LogP contribution in [-0.4, -0.2) is 29.6 Å². The monoisotopic (exact) mass is 274 g/mol. The van der Waals surface area contributed by atoms with Crippen LogP contribution in [0.3, 0.4) is 0 Å². The molecule has 0 aliphatic carbocycles. The van der Waals surface area contributed by atoms with Gasteiger partial charge in [-0.2, -0.15) is 5.26 Å². The van der Waals surface area contributed by atoms with Crippen LogP contribution in [0.5, 0.6) is 0 Å². The normalized spacial score (nSPS) is 13.0. The third-order valence-electron chi connectivity index (χ3n) is 3.33. The first-order valence-electron chi connectivity index (χ1n) is 6.68. The van der Waals surface area contributed by atoms with E-state index >= 15 is 0 Å². The highest BCUT2D eigenvalue weighted by Gasteiger charge is 2.19. The summed E-state index contributed by atoms with van der Waals surface area (Å²) in [5.74, 6) is -0.850. The van der Waals surface area contributed by atoms with Gasteiger partial charge < -0.3 is 5.11 Å². The van der Waals surface area contributed by atoms with Crippen molar-refractivity contribution in [2.24, 2.45) is 0 Å². The van der Waals surface area contributed by atoms with Gasteiger partial charge in [0.05, 0.1) is 12.5 Å². The first-order chi connectivity index (χ1) is 9.25. The minimum atomic E-state index is -0.850. The van der Waals surface area contributed by atoms with Gasteiger partial charge in [-0.3, -0.25) is 9.69 Å². The largest absolute Gasteiger partial charge is 0.481 e. The summed E-state index contributed by atoms with van der Waals surface area (Å²) in [5.41, 5.74) is 2.19. The van der Waals surface area contributed by atoms with E-state index in [2.05, 4.69) is 26.8 Å². The molecule has 0 radical (unpaired) electrons. The molecule has 108 valence electrons. The van der Waals surface area contributed by atoms with Crippen molar-refractivity contribution in [2.45, 2.75) is 38.6 Å². The quantitative estimate of drug-likeness (QED) is 0.896. The second kappa shape index (κ2) is 6.53. The fourth-order valence-corrected chi connectivity index (χ4v) is 1.99. The van der Waals surface area contributed by atoms with E-state index in [0.29, 0.717) is 6.54 Å². The molecule has 0 spiro atoms. The van der Waals surface area contributed by atoms with Crippen molar-refractivity contribution in [3.05, 3.63) is 35.4 Å². The van der Waals surface area contributed by atoms with Gasteiger partial charge in [0.15, 0.2) is 0 Å². The maximum absolute atomic E-state index is 10.6. The molecule has 0 amide bonds. The van der Waals surface area contributed by atoms with E-state index in [1.54, 1.807) is 11.9 Å². The Morgan fingerprint density at radius 1 is 1.35 bits per heavy atom. The summed E-state index contributed by atoms with van der Waals surface area (Å²) in [6, 6.07) is 9.78. The predicted molar refractivity (Wildman–Crippen MR) is 78.4 cm³/mol. The third-order valence-corrected chi connectivity index (χ3v) is 3.33. The number of benzene rings is 1. The van der Waals surface area contributed by atoms with Crippen LogP contribution in [0.15, 0.2) is 24.3 Å². The number of carboxylic acids is 1. The minimum absolute atomic E-state index is 0.0365. The van der Waals surface area contributed by atoms with Gasteiger partial charge in [0.1, 0.15) is 6.04 Å². The lowest BCUT2D eigenvalue weighted by atomic mass is 9.86. The Hall–Kier alpha value is -1.86. The lowest BCUT2D eigenvalue weighted by Crippen LogP contribution is -2.26. The Bertz CT molecular complexity index is 495. The number of hydrogen-bond donors (Lipinski definition) is 1. The van der Waals surface area contributed by atoms with E-state index in [-0.39, 0.29) is 11.8 Å². The molecule has 1 N–H and O–H groups in total. The molecule has 1 aromatic rings. The second-order valence-electron chi connectivity index (χ2n) is 6.03. The number of carboxylic acid groups (broad SMARTS) is 1. The minimum Gasteiger partial charge on any atom is -0.481 e. The summed E-state index contributed by atoms with van der Waals surface area (Å²) in [6.45, 7) is 6.78. The van der Waals surface area contributed by atoms with Crippen LogP contribution in [-0.2, 0) is 10.2 Å². The van der Waals surface area contributed by atoms with Crippen molar-refractivity contribution in [2.75, 3.05) is 13.6 Å². The maximum Gasteiger partial charge on any atom is 0.304 e. The van der Waals surface area contributed by atoms with Crippen LogP contribution < -0.4 is 0 Å². The number of hydrogen-bond acceptors (Lipinski definition) is 3. The molecular formula is C16H22N2O2. The molecule has 0 fully saturated rings. The first kappa shape index (κ1) is 16.2. The fraction of sp³-hybridized carbons (Fsp3) is 0.500. The van der Waals surface area contributed by atoms with Crippen molar-refractivity contribution < 1.29 is 9.90 Å². The number of aliphatic carboxylic acids is 1. The molecular weight excluding hydrogens is 252 g/mol. The average Bonchev–Trinajstić information content (AvgIpc) is 2.37. The smallest absolute Gasteiger partial charge is 0.304 e.